The molecular weight excluding hydrogens is 308 g/mol. The van der Waals surface area contributed by atoms with Gasteiger partial charge in [0.05, 0.1) is 24.6 Å². The topological polar surface area (TPSA) is 62.0 Å². The van der Waals surface area contributed by atoms with Gasteiger partial charge in [-0.1, -0.05) is 11.6 Å². The number of morpholine rings is 1. The van der Waals surface area contributed by atoms with E-state index in [9.17, 15) is 0 Å². The second kappa shape index (κ2) is 5.85. The molecule has 3 rings (SSSR count). The second-order valence-corrected chi connectivity index (χ2v) is 6.68. The van der Waals surface area contributed by atoms with Crippen molar-refractivity contribution in [2.24, 2.45) is 0 Å². The maximum atomic E-state index is 8.94. The van der Waals surface area contributed by atoms with Crippen LogP contribution in [0, 0.1) is 25.2 Å². The molecule has 3 heterocycles. The molecule has 0 aromatic carbocycles. The van der Waals surface area contributed by atoms with Gasteiger partial charge < -0.3 is 4.74 Å². The Hall–Kier alpha value is -1.26. The monoisotopic (exact) mass is 322 g/mol. The summed E-state index contributed by atoms with van der Waals surface area (Å²) in [6.07, 6.45) is -0.371. The van der Waals surface area contributed by atoms with Gasteiger partial charge in [-0.3, -0.25) is 4.90 Å². The highest BCUT2D eigenvalue weighted by molar-refractivity contribution is 7.18. The molecule has 0 spiro atoms. The van der Waals surface area contributed by atoms with Crippen molar-refractivity contribution < 1.29 is 4.74 Å². The van der Waals surface area contributed by atoms with E-state index in [1.165, 1.54) is 4.88 Å². The lowest BCUT2D eigenvalue weighted by Gasteiger charge is -2.28. The Morgan fingerprint density at radius 1 is 1.48 bits per heavy atom. The smallest absolute Gasteiger partial charge is 0.156 e. The zero-order chi connectivity index (χ0) is 15.0. The van der Waals surface area contributed by atoms with Gasteiger partial charge in [-0.25, -0.2) is 9.97 Å². The van der Waals surface area contributed by atoms with E-state index >= 15 is 0 Å². The molecule has 2 aromatic rings. The molecule has 1 aliphatic heterocycles. The van der Waals surface area contributed by atoms with Crippen LogP contribution in [0.5, 0.6) is 0 Å². The van der Waals surface area contributed by atoms with E-state index < -0.39 is 0 Å². The molecule has 0 bridgehead atoms. The number of ether oxygens (including phenoxy) is 1. The van der Waals surface area contributed by atoms with Gasteiger partial charge in [0.15, 0.2) is 6.10 Å². The summed E-state index contributed by atoms with van der Waals surface area (Å²) in [6.45, 7) is 6.62. The second-order valence-electron chi connectivity index (χ2n) is 5.12. The summed E-state index contributed by atoms with van der Waals surface area (Å²) in [5.74, 6) is 0.701. The van der Waals surface area contributed by atoms with E-state index in [1.54, 1.807) is 11.3 Å². The predicted octanol–water partition coefficient (Wildman–Crippen LogP) is 2.69. The Kier molecular flexibility index (Phi) is 4.09. The van der Waals surface area contributed by atoms with Gasteiger partial charge in [0.2, 0.25) is 0 Å². The number of thiophene rings is 1. The maximum absolute atomic E-state index is 8.94. The van der Waals surface area contributed by atoms with Crippen molar-refractivity contribution in [3.05, 3.63) is 21.4 Å². The summed E-state index contributed by atoms with van der Waals surface area (Å²) >= 11 is 7.96. The number of aromatic nitrogens is 2. The highest BCUT2D eigenvalue weighted by Crippen LogP contribution is 2.33. The summed E-state index contributed by atoms with van der Waals surface area (Å²) in [5, 5.41) is 10.4. The van der Waals surface area contributed by atoms with Gasteiger partial charge in [0.25, 0.3) is 0 Å². The number of nitrogens with zero attached hydrogens (tertiary/aromatic N) is 4. The molecule has 1 aliphatic rings. The van der Waals surface area contributed by atoms with Crippen LogP contribution < -0.4 is 0 Å². The number of rotatable bonds is 2. The minimum atomic E-state index is -0.371. The lowest BCUT2D eigenvalue weighted by Crippen LogP contribution is -2.41. The van der Waals surface area contributed by atoms with Gasteiger partial charge in [-0.2, -0.15) is 5.26 Å². The highest BCUT2D eigenvalue weighted by Gasteiger charge is 2.21. The summed E-state index contributed by atoms with van der Waals surface area (Å²) in [7, 11) is 0. The lowest BCUT2D eigenvalue weighted by molar-refractivity contribution is -0.00354. The number of nitriles is 1. The summed E-state index contributed by atoms with van der Waals surface area (Å²) in [4.78, 5) is 13.3. The van der Waals surface area contributed by atoms with E-state index in [1.807, 2.05) is 6.92 Å². The maximum Gasteiger partial charge on any atom is 0.156 e. The first-order valence-electron chi connectivity index (χ1n) is 6.74. The van der Waals surface area contributed by atoms with Crippen molar-refractivity contribution in [2.75, 3.05) is 19.7 Å². The SMILES string of the molecule is Cc1sc2nc(CN3CCOC(C#N)C3)nc(Cl)c2c1C. The van der Waals surface area contributed by atoms with E-state index in [2.05, 4.69) is 27.9 Å². The Morgan fingerprint density at radius 2 is 2.29 bits per heavy atom. The van der Waals surface area contributed by atoms with Crippen LogP contribution in [0.2, 0.25) is 5.15 Å². The Labute approximate surface area is 132 Å². The van der Waals surface area contributed by atoms with Gasteiger partial charge in [-0.05, 0) is 19.4 Å². The van der Waals surface area contributed by atoms with Crippen LogP contribution >= 0.6 is 22.9 Å². The van der Waals surface area contributed by atoms with Crippen molar-refractivity contribution in [3.63, 3.8) is 0 Å². The average Bonchev–Trinajstić information content (AvgIpc) is 2.74. The molecule has 0 amide bonds. The molecule has 0 aliphatic carbocycles. The van der Waals surface area contributed by atoms with Crippen molar-refractivity contribution in [3.8, 4) is 6.07 Å². The van der Waals surface area contributed by atoms with Gasteiger partial charge >= 0.3 is 0 Å². The van der Waals surface area contributed by atoms with Gasteiger partial charge in [-0.15, -0.1) is 11.3 Å². The summed E-state index contributed by atoms with van der Waals surface area (Å²) in [5.41, 5.74) is 1.16. The fourth-order valence-corrected chi connectivity index (χ4v) is 3.87. The van der Waals surface area contributed by atoms with Crippen LogP contribution in [0.3, 0.4) is 0 Å². The number of hydrogen-bond donors (Lipinski definition) is 0. The van der Waals surface area contributed by atoms with Crippen molar-refractivity contribution in [1.82, 2.24) is 14.9 Å². The van der Waals surface area contributed by atoms with Crippen LogP contribution in [0.4, 0.5) is 0 Å². The normalized spacial score (nSPS) is 19.8. The first kappa shape index (κ1) is 14.7. The van der Waals surface area contributed by atoms with Crippen molar-refractivity contribution >= 4 is 33.2 Å². The van der Waals surface area contributed by atoms with Crippen LogP contribution in [0.15, 0.2) is 0 Å². The molecule has 21 heavy (non-hydrogen) atoms. The van der Waals surface area contributed by atoms with E-state index in [0.717, 1.165) is 22.3 Å². The van der Waals surface area contributed by atoms with Crippen LogP contribution in [-0.4, -0.2) is 40.7 Å². The molecule has 1 saturated heterocycles. The average molecular weight is 323 g/mol. The Balaban J connectivity index is 1.86. The molecule has 1 atom stereocenters. The third-order valence-electron chi connectivity index (χ3n) is 3.69. The van der Waals surface area contributed by atoms with Crippen LogP contribution in [0.25, 0.3) is 10.2 Å². The molecule has 0 saturated carbocycles. The fourth-order valence-electron chi connectivity index (χ4n) is 2.44. The summed E-state index contributed by atoms with van der Waals surface area (Å²) < 4.78 is 5.34. The Bertz CT molecular complexity index is 724. The molecule has 1 unspecified atom stereocenters. The standard InChI is InChI=1S/C14H15ClN4OS/c1-8-9(2)21-14-12(8)13(15)17-11(18-14)7-19-3-4-20-10(5-16)6-19/h10H,3-4,6-7H2,1-2H3. The van der Waals surface area contributed by atoms with Crippen molar-refractivity contribution in [2.45, 2.75) is 26.5 Å². The first-order valence-corrected chi connectivity index (χ1v) is 7.93. The largest absolute Gasteiger partial charge is 0.361 e. The quantitative estimate of drug-likeness (QED) is 0.795. The first-order chi connectivity index (χ1) is 10.1. The number of fused-ring (bicyclic) bond motifs is 1. The minimum absolute atomic E-state index is 0.371. The molecular formula is C14H15ClN4OS. The van der Waals surface area contributed by atoms with Crippen molar-refractivity contribution in [1.29, 1.82) is 5.26 Å². The third kappa shape index (κ3) is 2.87. The zero-order valence-corrected chi connectivity index (χ0v) is 13.5. The molecule has 0 radical (unpaired) electrons. The summed E-state index contributed by atoms with van der Waals surface area (Å²) in [6, 6.07) is 2.14. The van der Waals surface area contributed by atoms with E-state index in [-0.39, 0.29) is 6.10 Å². The molecule has 110 valence electrons. The van der Waals surface area contributed by atoms with Gasteiger partial charge in [0.1, 0.15) is 15.8 Å². The van der Waals surface area contributed by atoms with Crippen LogP contribution in [0.1, 0.15) is 16.3 Å². The fraction of sp³-hybridized carbons (Fsp3) is 0.500. The Morgan fingerprint density at radius 3 is 3.05 bits per heavy atom. The van der Waals surface area contributed by atoms with E-state index in [0.29, 0.717) is 30.7 Å². The van der Waals surface area contributed by atoms with E-state index in [4.69, 9.17) is 21.6 Å². The van der Waals surface area contributed by atoms with Crippen LogP contribution in [-0.2, 0) is 11.3 Å². The van der Waals surface area contributed by atoms with Gasteiger partial charge in [0, 0.05) is 18.0 Å². The zero-order valence-electron chi connectivity index (χ0n) is 11.9. The molecule has 5 nitrogen and oxygen atoms in total. The number of hydrogen-bond acceptors (Lipinski definition) is 6. The molecule has 7 heteroatoms. The number of halogens is 1. The molecule has 1 fully saturated rings. The third-order valence-corrected chi connectivity index (χ3v) is 5.07. The highest BCUT2D eigenvalue weighted by atomic mass is 35.5. The number of aryl methyl sites for hydroxylation is 2. The minimum Gasteiger partial charge on any atom is -0.361 e. The predicted molar refractivity (Wildman–Crippen MR) is 82.5 cm³/mol. The lowest BCUT2D eigenvalue weighted by atomic mass is 10.2. The molecule has 0 N–H and O–H groups in total. The molecule has 2 aromatic heterocycles.